The molecule has 4 aliphatic rings. The summed E-state index contributed by atoms with van der Waals surface area (Å²) in [5.41, 5.74) is 3.69. The van der Waals surface area contributed by atoms with Gasteiger partial charge in [-0.2, -0.15) is 0 Å². The number of benzene rings is 2. The van der Waals surface area contributed by atoms with Gasteiger partial charge in [-0.3, -0.25) is 14.4 Å². The molecule has 2 heterocycles. The second kappa shape index (κ2) is 8.12. The number of piperidine rings is 1. The number of aryl methyl sites for hydroxylation is 1. The molecule has 3 amide bonds. The number of fused-ring (bicyclic) bond motifs is 5. The van der Waals surface area contributed by atoms with E-state index in [2.05, 4.69) is 22.4 Å². The summed E-state index contributed by atoms with van der Waals surface area (Å²) in [7, 11) is 0. The number of imide groups is 1. The highest BCUT2D eigenvalue weighted by molar-refractivity contribution is 6.23. The number of hydrogen-bond donors (Lipinski definition) is 1. The molecule has 0 unspecified atom stereocenters. The zero-order chi connectivity index (χ0) is 23.4. The van der Waals surface area contributed by atoms with Crippen LogP contribution < -0.4 is 15.1 Å². The Labute approximate surface area is 199 Å². The van der Waals surface area contributed by atoms with Crippen LogP contribution >= 0.6 is 0 Å². The van der Waals surface area contributed by atoms with Crippen LogP contribution in [0.4, 0.5) is 17.1 Å². The van der Waals surface area contributed by atoms with Gasteiger partial charge in [-0.1, -0.05) is 29.8 Å². The van der Waals surface area contributed by atoms with E-state index in [1.54, 1.807) is 6.07 Å². The highest BCUT2D eigenvalue weighted by Gasteiger charge is 2.59. The van der Waals surface area contributed by atoms with E-state index in [9.17, 15) is 14.4 Å². The lowest BCUT2D eigenvalue weighted by molar-refractivity contribution is -0.123. The maximum Gasteiger partial charge on any atom is 0.257 e. The van der Waals surface area contributed by atoms with Gasteiger partial charge in [-0.05, 0) is 74.8 Å². The monoisotopic (exact) mass is 455 g/mol. The van der Waals surface area contributed by atoms with Gasteiger partial charge in [0.25, 0.3) is 5.91 Å². The first-order valence-electron chi connectivity index (χ1n) is 12.3. The van der Waals surface area contributed by atoms with Crippen molar-refractivity contribution in [2.45, 2.75) is 32.6 Å². The Balaban J connectivity index is 1.35. The third-order valence-corrected chi connectivity index (χ3v) is 7.96. The van der Waals surface area contributed by atoms with Crippen LogP contribution in [0.15, 0.2) is 54.6 Å². The Morgan fingerprint density at radius 1 is 0.882 bits per heavy atom. The quantitative estimate of drug-likeness (QED) is 0.543. The van der Waals surface area contributed by atoms with Crippen molar-refractivity contribution in [1.29, 1.82) is 0 Å². The highest BCUT2D eigenvalue weighted by Crippen LogP contribution is 2.53. The van der Waals surface area contributed by atoms with Crippen LogP contribution in [-0.2, 0) is 9.59 Å². The molecule has 0 spiro atoms. The number of carbonyl (C=O) groups is 3. The molecular weight excluding hydrogens is 426 g/mol. The maximum absolute atomic E-state index is 13.5. The molecule has 2 aliphatic carbocycles. The molecule has 3 fully saturated rings. The lowest BCUT2D eigenvalue weighted by Crippen LogP contribution is -2.34. The molecule has 6 heteroatoms. The molecule has 2 aliphatic heterocycles. The molecule has 6 rings (SSSR count). The lowest BCUT2D eigenvalue weighted by Gasteiger charge is -2.31. The van der Waals surface area contributed by atoms with Gasteiger partial charge in [0.05, 0.1) is 23.1 Å². The first-order valence-corrected chi connectivity index (χ1v) is 12.3. The van der Waals surface area contributed by atoms with Crippen LogP contribution in [0.3, 0.4) is 0 Å². The number of allylic oxidation sites excluding steroid dienone is 2. The van der Waals surface area contributed by atoms with E-state index in [1.807, 2.05) is 43.3 Å². The largest absolute Gasteiger partial charge is 0.371 e. The summed E-state index contributed by atoms with van der Waals surface area (Å²) in [6.07, 6.45) is 8.46. The van der Waals surface area contributed by atoms with Crippen LogP contribution in [0.1, 0.15) is 41.6 Å². The zero-order valence-corrected chi connectivity index (χ0v) is 19.4. The summed E-state index contributed by atoms with van der Waals surface area (Å²) in [6, 6.07) is 13.2. The molecule has 2 bridgehead atoms. The Hall–Kier alpha value is -3.41. The number of rotatable bonds is 4. The van der Waals surface area contributed by atoms with Crippen molar-refractivity contribution < 1.29 is 14.4 Å². The van der Waals surface area contributed by atoms with Crippen LogP contribution in [0.25, 0.3) is 0 Å². The Morgan fingerprint density at radius 2 is 1.53 bits per heavy atom. The average Bonchev–Trinajstić information content (AvgIpc) is 3.54. The molecule has 2 saturated heterocycles. The van der Waals surface area contributed by atoms with Crippen molar-refractivity contribution in [3.05, 3.63) is 65.7 Å². The summed E-state index contributed by atoms with van der Waals surface area (Å²) in [5, 5.41) is 3.01. The van der Waals surface area contributed by atoms with Crippen LogP contribution in [0.2, 0.25) is 0 Å². The van der Waals surface area contributed by atoms with E-state index >= 15 is 0 Å². The number of hydrogen-bond acceptors (Lipinski definition) is 4. The smallest absolute Gasteiger partial charge is 0.257 e. The number of nitrogens with one attached hydrogen (secondary N) is 1. The summed E-state index contributed by atoms with van der Waals surface area (Å²) in [5.74, 6) is -0.665. The summed E-state index contributed by atoms with van der Waals surface area (Å²) < 4.78 is 0. The molecule has 6 nitrogen and oxygen atoms in total. The van der Waals surface area contributed by atoms with E-state index in [-0.39, 0.29) is 41.4 Å². The van der Waals surface area contributed by atoms with Crippen molar-refractivity contribution >= 4 is 34.8 Å². The normalized spacial score (nSPS) is 27.4. The van der Waals surface area contributed by atoms with Crippen LogP contribution in [0.5, 0.6) is 0 Å². The predicted molar refractivity (Wildman–Crippen MR) is 132 cm³/mol. The topological polar surface area (TPSA) is 69.7 Å². The second-order valence-electron chi connectivity index (χ2n) is 10.1. The third-order valence-electron chi connectivity index (χ3n) is 7.96. The number of carbonyl (C=O) groups excluding carboxylic acids is 3. The first-order chi connectivity index (χ1) is 16.5. The van der Waals surface area contributed by atoms with Crippen molar-refractivity contribution in [3.63, 3.8) is 0 Å². The van der Waals surface area contributed by atoms with E-state index < -0.39 is 0 Å². The molecule has 1 N–H and O–H groups in total. The van der Waals surface area contributed by atoms with Gasteiger partial charge in [0.1, 0.15) is 0 Å². The van der Waals surface area contributed by atoms with Gasteiger partial charge < -0.3 is 10.2 Å². The van der Waals surface area contributed by atoms with Crippen molar-refractivity contribution in [2.75, 3.05) is 28.2 Å². The lowest BCUT2D eigenvalue weighted by atomic mass is 9.85. The Morgan fingerprint density at radius 3 is 2.18 bits per heavy atom. The number of anilines is 3. The molecular formula is C28H29N3O3. The van der Waals surface area contributed by atoms with E-state index in [1.165, 1.54) is 11.3 Å². The molecule has 0 aromatic heterocycles. The number of amides is 3. The minimum atomic E-state index is -0.255. The maximum atomic E-state index is 13.5. The van der Waals surface area contributed by atoms with Crippen molar-refractivity contribution in [1.82, 2.24) is 0 Å². The fraction of sp³-hybridized carbons (Fsp3) is 0.393. The molecule has 1 saturated carbocycles. The summed E-state index contributed by atoms with van der Waals surface area (Å²) in [4.78, 5) is 43.7. The van der Waals surface area contributed by atoms with Gasteiger partial charge in [-0.25, -0.2) is 4.90 Å². The SMILES string of the molecule is Cc1ccc(NC(=O)c2cc(N3C(=O)[C@@H]4[C@H](C3=O)[C@H]3C=C[C@@H]4C3)ccc2N2CCCCC2)cc1. The predicted octanol–water partition coefficient (Wildman–Crippen LogP) is 4.55. The van der Waals surface area contributed by atoms with Crippen molar-refractivity contribution in [3.8, 4) is 0 Å². The minimum absolute atomic E-state index is 0.123. The number of nitrogens with zero attached hydrogens (tertiary/aromatic N) is 2. The molecule has 4 atom stereocenters. The van der Waals surface area contributed by atoms with Crippen LogP contribution in [-0.4, -0.2) is 30.8 Å². The zero-order valence-electron chi connectivity index (χ0n) is 19.4. The molecule has 0 radical (unpaired) electrons. The van der Waals surface area contributed by atoms with E-state index in [0.29, 0.717) is 11.3 Å². The van der Waals surface area contributed by atoms with Gasteiger partial charge in [0.2, 0.25) is 11.8 Å². The van der Waals surface area contributed by atoms with Crippen molar-refractivity contribution in [2.24, 2.45) is 23.7 Å². The summed E-state index contributed by atoms with van der Waals surface area (Å²) in [6.45, 7) is 3.79. The molecule has 174 valence electrons. The van der Waals surface area contributed by atoms with E-state index in [0.717, 1.165) is 49.3 Å². The average molecular weight is 456 g/mol. The minimum Gasteiger partial charge on any atom is -0.371 e. The van der Waals surface area contributed by atoms with Gasteiger partial charge in [-0.15, -0.1) is 0 Å². The van der Waals surface area contributed by atoms with Crippen LogP contribution in [0, 0.1) is 30.6 Å². The first kappa shape index (κ1) is 21.1. The highest BCUT2D eigenvalue weighted by atomic mass is 16.2. The van der Waals surface area contributed by atoms with Gasteiger partial charge >= 0.3 is 0 Å². The summed E-state index contributed by atoms with van der Waals surface area (Å²) >= 11 is 0. The fourth-order valence-corrected chi connectivity index (χ4v) is 6.25. The Bertz CT molecular complexity index is 1170. The van der Waals surface area contributed by atoms with Gasteiger partial charge in [0, 0.05) is 24.5 Å². The molecule has 2 aromatic rings. The Kier molecular flexibility index (Phi) is 5.05. The third kappa shape index (κ3) is 3.35. The molecule has 2 aromatic carbocycles. The fourth-order valence-electron chi connectivity index (χ4n) is 6.25. The van der Waals surface area contributed by atoms with E-state index in [4.69, 9.17) is 0 Å². The van der Waals surface area contributed by atoms with Gasteiger partial charge in [0.15, 0.2) is 0 Å². The standard InChI is InChI=1S/C28H29N3O3/c1-17-5-9-20(10-6-17)29-26(32)22-16-21(11-12-23(22)30-13-3-2-4-14-30)31-27(33)24-18-7-8-19(15-18)25(24)28(31)34/h5-12,16,18-19,24-25H,2-4,13-15H2,1H3,(H,29,32)/t18-,19+,24+,25-. The molecule has 34 heavy (non-hydrogen) atoms. The second-order valence-corrected chi connectivity index (χ2v) is 10.1.